The zero-order chi connectivity index (χ0) is 31.1. The minimum absolute atomic E-state index is 0.0323. The lowest BCUT2D eigenvalue weighted by molar-refractivity contribution is -0.153. The van der Waals surface area contributed by atoms with Gasteiger partial charge in [-0.15, -0.1) is 0 Å². The number of ketones is 1. The monoisotopic (exact) mass is 610 g/mol. The summed E-state index contributed by atoms with van der Waals surface area (Å²) in [6.07, 6.45) is -1.76. The van der Waals surface area contributed by atoms with Gasteiger partial charge in [-0.2, -0.15) is 0 Å². The fraction of sp³-hybridized carbons (Fsp3) is 0.250. The first-order valence-corrected chi connectivity index (χ1v) is 15.1. The first-order valence-electron chi connectivity index (χ1n) is 14.8. The van der Waals surface area contributed by atoms with Gasteiger partial charge in [0.1, 0.15) is 6.10 Å². The summed E-state index contributed by atoms with van der Waals surface area (Å²) >= 11 is 6.05. The van der Waals surface area contributed by atoms with E-state index in [0.717, 1.165) is 40.7 Å². The van der Waals surface area contributed by atoms with E-state index in [4.69, 9.17) is 11.6 Å². The number of aryl methyl sites for hydroxylation is 1. The molecule has 4 aromatic rings. The number of likely N-dealkylation sites (tertiary alicyclic amines) is 1. The predicted molar refractivity (Wildman–Crippen MR) is 170 cm³/mol. The van der Waals surface area contributed by atoms with Crippen LogP contribution in [0.25, 0.3) is 11.1 Å². The predicted octanol–water partition coefficient (Wildman–Crippen LogP) is 5.52. The van der Waals surface area contributed by atoms with Crippen LogP contribution in [-0.2, 0) is 22.6 Å². The standard InChI is InChI=1S/C36H35ClN2O5/c37-28-11-6-8-25(22-28)23-38-35(43)30-13-5-4-12-29(30)26-18-15-24(16-19-26)17-20-32(40)33(41)34(42)36(44)39-21-7-14-31(39)27-9-2-1-3-10-27/h1-6,8-13,15-16,18-19,22,31,33-34,41-42H,7,14,17,20-21,23H2,(H,38,43)/t31?,33-,34+/m0/s1. The second kappa shape index (κ2) is 14.4. The van der Waals surface area contributed by atoms with Crippen molar-refractivity contribution < 1.29 is 24.6 Å². The Bertz CT molecular complexity index is 1610. The zero-order valence-electron chi connectivity index (χ0n) is 24.2. The van der Waals surface area contributed by atoms with Crippen LogP contribution in [0.15, 0.2) is 103 Å². The molecule has 1 fully saturated rings. The third-order valence-electron chi connectivity index (χ3n) is 8.04. The quantitative estimate of drug-likeness (QED) is 0.207. The summed E-state index contributed by atoms with van der Waals surface area (Å²) in [5.41, 5.74) is 4.86. The Morgan fingerprint density at radius 1 is 0.841 bits per heavy atom. The number of aliphatic hydroxyl groups excluding tert-OH is 2. The van der Waals surface area contributed by atoms with Gasteiger partial charge >= 0.3 is 0 Å². The Morgan fingerprint density at radius 2 is 1.57 bits per heavy atom. The highest BCUT2D eigenvalue weighted by atomic mass is 35.5. The number of hydrogen-bond donors (Lipinski definition) is 3. The normalized spacial score (nSPS) is 15.9. The fourth-order valence-electron chi connectivity index (χ4n) is 5.66. The summed E-state index contributed by atoms with van der Waals surface area (Å²) < 4.78 is 0. The molecule has 44 heavy (non-hydrogen) atoms. The van der Waals surface area contributed by atoms with Crippen LogP contribution in [0.3, 0.4) is 0 Å². The highest BCUT2D eigenvalue weighted by Crippen LogP contribution is 2.32. The summed E-state index contributed by atoms with van der Waals surface area (Å²) in [6, 6.07) is 31.6. The highest BCUT2D eigenvalue weighted by molar-refractivity contribution is 6.30. The van der Waals surface area contributed by atoms with E-state index in [2.05, 4.69) is 5.32 Å². The van der Waals surface area contributed by atoms with Crippen LogP contribution in [0.1, 0.15) is 52.4 Å². The minimum Gasteiger partial charge on any atom is -0.382 e. The lowest BCUT2D eigenvalue weighted by atomic mass is 9.96. The summed E-state index contributed by atoms with van der Waals surface area (Å²) in [4.78, 5) is 40.4. The maximum absolute atomic E-state index is 13.1. The van der Waals surface area contributed by atoms with Crippen LogP contribution in [0.5, 0.6) is 0 Å². The molecule has 0 aliphatic carbocycles. The summed E-state index contributed by atoms with van der Waals surface area (Å²) in [6.45, 7) is 0.813. The number of hydrogen-bond acceptors (Lipinski definition) is 5. The van der Waals surface area contributed by atoms with Gasteiger partial charge in [0.05, 0.1) is 6.04 Å². The molecular weight excluding hydrogens is 576 g/mol. The molecule has 0 bridgehead atoms. The number of benzene rings is 4. The molecule has 5 rings (SSSR count). The van der Waals surface area contributed by atoms with Crippen molar-refractivity contribution >= 4 is 29.2 Å². The number of carbonyl (C=O) groups is 3. The van der Waals surface area contributed by atoms with Crippen molar-refractivity contribution in [2.24, 2.45) is 0 Å². The number of Topliss-reactive ketones (excluding diaryl/α,β-unsaturated/α-hetero) is 1. The van der Waals surface area contributed by atoms with Crippen molar-refractivity contribution in [1.29, 1.82) is 0 Å². The van der Waals surface area contributed by atoms with Crippen molar-refractivity contribution in [3.63, 3.8) is 0 Å². The van der Waals surface area contributed by atoms with Gasteiger partial charge in [-0.05, 0) is 65.3 Å². The summed E-state index contributed by atoms with van der Waals surface area (Å²) in [5, 5.41) is 24.7. The van der Waals surface area contributed by atoms with Gasteiger partial charge in [-0.1, -0.05) is 96.5 Å². The second-order valence-corrected chi connectivity index (χ2v) is 11.4. The Hall–Kier alpha value is -4.30. The smallest absolute Gasteiger partial charge is 0.255 e. The number of halogens is 1. The fourth-order valence-corrected chi connectivity index (χ4v) is 5.87. The Kier molecular flexibility index (Phi) is 10.2. The lowest BCUT2D eigenvalue weighted by Gasteiger charge is -2.28. The van der Waals surface area contributed by atoms with E-state index in [0.29, 0.717) is 30.1 Å². The molecule has 7 nitrogen and oxygen atoms in total. The van der Waals surface area contributed by atoms with Crippen molar-refractivity contribution in [2.45, 2.75) is 50.5 Å². The molecule has 3 N–H and O–H groups in total. The number of aliphatic hydroxyl groups is 2. The molecule has 8 heteroatoms. The molecule has 1 aliphatic heterocycles. The van der Waals surface area contributed by atoms with E-state index in [-0.39, 0.29) is 18.4 Å². The van der Waals surface area contributed by atoms with Gasteiger partial charge in [-0.25, -0.2) is 0 Å². The molecule has 2 amide bonds. The third kappa shape index (κ3) is 7.42. The molecule has 0 aromatic heterocycles. The van der Waals surface area contributed by atoms with Crippen LogP contribution < -0.4 is 5.32 Å². The molecule has 1 unspecified atom stereocenters. The van der Waals surface area contributed by atoms with Gasteiger partial charge in [0, 0.05) is 30.1 Å². The first-order chi connectivity index (χ1) is 21.3. The molecule has 1 heterocycles. The number of nitrogens with one attached hydrogen (secondary N) is 1. The molecule has 226 valence electrons. The minimum atomic E-state index is -1.81. The highest BCUT2D eigenvalue weighted by Gasteiger charge is 2.38. The average molecular weight is 611 g/mol. The first kappa shape index (κ1) is 31.1. The van der Waals surface area contributed by atoms with Crippen LogP contribution >= 0.6 is 11.6 Å². The average Bonchev–Trinajstić information content (AvgIpc) is 3.56. The van der Waals surface area contributed by atoms with Gasteiger partial charge in [0.25, 0.3) is 11.8 Å². The van der Waals surface area contributed by atoms with Crippen molar-refractivity contribution in [3.05, 3.63) is 130 Å². The maximum atomic E-state index is 13.1. The molecule has 0 radical (unpaired) electrons. The summed E-state index contributed by atoms with van der Waals surface area (Å²) in [5.74, 6) is -1.43. The summed E-state index contributed by atoms with van der Waals surface area (Å²) in [7, 11) is 0. The molecular formula is C36H35ClN2O5. The molecule has 1 aliphatic rings. The SMILES string of the molecule is O=C(NCc1cccc(Cl)c1)c1ccccc1-c1ccc(CCC(=O)[C@H](O)[C@@H](O)C(=O)N2CCCC2c2ccccc2)cc1. The third-order valence-corrected chi connectivity index (χ3v) is 8.28. The molecule has 1 saturated heterocycles. The van der Waals surface area contributed by atoms with Gasteiger partial charge in [-0.3, -0.25) is 14.4 Å². The number of carbonyl (C=O) groups excluding carboxylic acids is 3. The number of amides is 2. The van der Waals surface area contributed by atoms with E-state index in [9.17, 15) is 24.6 Å². The molecule has 3 atom stereocenters. The Labute approximate surface area is 262 Å². The van der Waals surface area contributed by atoms with Gasteiger partial charge < -0.3 is 20.4 Å². The second-order valence-electron chi connectivity index (χ2n) is 11.0. The van der Waals surface area contributed by atoms with E-state index in [1.54, 1.807) is 17.0 Å². The topological polar surface area (TPSA) is 107 Å². The lowest BCUT2D eigenvalue weighted by Crippen LogP contribution is -2.47. The van der Waals surface area contributed by atoms with E-state index in [1.165, 1.54) is 0 Å². The van der Waals surface area contributed by atoms with Crippen molar-refractivity contribution in [1.82, 2.24) is 10.2 Å². The Morgan fingerprint density at radius 3 is 2.32 bits per heavy atom. The largest absolute Gasteiger partial charge is 0.382 e. The van der Waals surface area contributed by atoms with Crippen molar-refractivity contribution in [3.8, 4) is 11.1 Å². The van der Waals surface area contributed by atoms with E-state index in [1.807, 2.05) is 91.0 Å². The molecule has 4 aromatic carbocycles. The van der Waals surface area contributed by atoms with Gasteiger partial charge in [0.15, 0.2) is 11.9 Å². The maximum Gasteiger partial charge on any atom is 0.255 e. The molecule has 0 spiro atoms. The van der Waals surface area contributed by atoms with E-state index >= 15 is 0 Å². The van der Waals surface area contributed by atoms with Crippen LogP contribution in [-0.4, -0.2) is 51.5 Å². The zero-order valence-corrected chi connectivity index (χ0v) is 25.0. The number of nitrogens with zero attached hydrogens (tertiary/aromatic N) is 1. The Balaban J connectivity index is 1.17. The number of rotatable bonds is 11. The molecule has 0 saturated carbocycles. The van der Waals surface area contributed by atoms with Crippen molar-refractivity contribution in [2.75, 3.05) is 6.54 Å². The van der Waals surface area contributed by atoms with Crippen LogP contribution in [0.4, 0.5) is 0 Å². The van der Waals surface area contributed by atoms with Crippen LogP contribution in [0, 0.1) is 0 Å². The van der Waals surface area contributed by atoms with Crippen LogP contribution in [0.2, 0.25) is 5.02 Å². The van der Waals surface area contributed by atoms with E-state index < -0.39 is 23.9 Å². The van der Waals surface area contributed by atoms with Gasteiger partial charge in [0.2, 0.25) is 0 Å².